The van der Waals surface area contributed by atoms with E-state index in [0.717, 1.165) is 40.2 Å². The molecule has 1 aliphatic heterocycles. The van der Waals surface area contributed by atoms with Crippen molar-refractivity contribution in [2.75, 3.05) is 13.2 Å². The van der Waals surface area contributed by atoms with Gasteiger partial charge in [0.25, 0.3) is 5.91 Å². The predicted octanol–water partition coefficient (Wildman–Crippen LogP) is 5.86. The van der Waals surface area contributed by atoms with Gasteiger partial charge in [0, 0.05) is 23.9 Å². The van der Waals surface area contributed by atoms with Crippen LogP contribution in [-0.4, -0.2) is 38.1 Å². The van der Waals surface area contributed by atoms with E-state index < -0.39 is 0 Å². The van der Waals surface area contributed by atoms with Crippen LogP contribution in [0, 0.1) is 6.92 Å². The van der Waals surface area contributed by atoms with Crippen LogP contribution >= 0.6 is 24.0 Å². The molecule has 0 spiro atoms. The van der Waals surface area contributed by atoms with Crippen LogP contribution in [0.1, 0.15) is 31.4 Å². The molecule has 0 radical (unpaired) electrons. The Morgan fingerprint density at radius 1 is 1.16 bits per heavy atom. The van der Waals surface area contributed by atoms with E-state index in [1.54, 1.807) is 4.90 Å². The van der Waals surface area contributed by atoms with Crippen molar-refractivity contribution in [1.29, 1.82) is 0 Å². The Hall–Kier alpha value is -2.90. The number of benzene rings is 2. The summed E-state index contributed by atoms with van der Waals surface area (Å²) in [5.74, 6) is 0.823. The quantitative estimate of drug-likeness (QED) is 0.325. The summed E-state index contributed by atoms with van der Waals surface area (Å²) in [4.78, 5) is 15.0. The van der Waals surface area contributed by atoms with E-state index in [1.807, 2.05) is 73.3 Å². The number of aryl methyl sites for hydroxylation is 1. The van der Waals surface area contributed by atoms with Crippen LogP contribution in [0.15, 0.2) is 59.6 Å². The molecule has 2 aromatic carbocycles. The van der Waals surface area contributed by atoms with Crippen LogP contribution in [0.2, 0.25) is 0 Å². The first-order valence-corrected chi connectivity index (χ1v) is 11.9. The molecular formula is C25H25N3O2S2. The van der Waals surface area contributed by atoms with Crippen molar-refractivity contribution in [2.24, 2.45) is 0 Å². The minimum Gasteiger partial charge on any atom is -0.493 e. The van der Waals surface area contributed by atoms with E-state index in [2.05, 4.69) is 13.0 Å². The molecule has 7 heteroatoms. The predicted molar refractivity (Wildman–Crippen MR) is 135 cm³/mol. The zero-order valence-electron chi connectivity index (χ0n) is 18.4. The van der Waals surface area contributed by atoms with Gasteiger partial charge in [-0.3, -0.25) is 9.69 Å². The summed E-state index contributed by atoms with van der Waals surface area (Å²) in [6.45, 7) is 7.31. The first-order chi connectivity index (χ1) is 15.5. The summed E-state index contributed by atoms with van der Waals surface area (Å²) < 4.78 is 8.27. The Balaban J connectivity index is 1.79. The van der Waals surface area contributed by atoms with Crippen molar-refractivity contribution in [3.05, 3.63) is 70.8 Å². The molecule has 0 bridgehead atoms. The van der Waals surface area contributed by atoms with Crippen molar-refractivity contribution in [3.63, 3.8) is 0 Å². The Morgan fingerprint density at radius 3 is 2.59 bits per heavy atom. The van der Waals surface area contributed by atoms with Crippen molar-refractivity contribution in [1.82, 2.24) is 14.7 Å². The lowest BCUT2D eigenvalue weighted by atomic mass is 10.0. The van der Waals surface area contributed by atoms with Crippen molar-refractivity contribution in [3.8, 4) is 22.7 Å². The van der Waals surface area contributed by atoms with E-state index in [-0.39, 0.29) is 5.91 Å². The largest absolute Gasteiger partial charge is 0.493 e. The minimum absolute atomic E-state index is 0.0552. The lowest BCUT2D eigenvalue weighted by Gasteiger charge is -2.10. The number of rotatable bonds is 7. The van der Waals surface area contributed by atoms with Crippen LogP contribution in [0.5, 0.6) is 5.75 Å². The highest BCUT2D eigenvalue weighted by Crippen LogP contribution is 2.35. The fraction of sp³-hybridized carbons (Fsp3) is 0.240. The molecule has 1 saturated heterocycles. The Bertz CT molecular complexity index is 1190. The molecule has 0 aliphatic carbocycles. The standard InChI is InChI=1S/C25H25N3O2S2/c1-4-13-30-21-12-11-18(14-17(21)3)23-19(15-22-24(29)27(5-2)25(31)32-22)16-28(26-23)20-9-7-6-8-10-20/h6-12,14-16H,4-5,13H2,1-3H3/b22-15-. The normalized spacial score (nSPS) is 15.1. The smallest absolute Gasteiger partial charge is 0.266 e. The number of carbonyl (C=O) groups is 1. The van der Waals surface area contributed by atoms with Crippen molar-refractivity contribution >= 4 is 40.3 Å². The van der Waals surface area contributed by atoms with Gasteiger partial charge in [-0.15, -0.1) is 0 Å². The summed E-state index contributed by atoms with van der Waals surface area (Å²) in [6, 6.07) is 16.0. The highest BCUT2D eigenvalue weighted by atomic mass is 32.2. The van der Waals surface area contributed by atoms with Crippen molar-refractivity contribution < 1.29 is 9.53 Å². The third kappa shape index (κ3) is 4.49. The molecule has 5 nitrogen and oxygen atoms in total. The lowest BCUT2D eigenvalue weighted by molar-refractivity contribution is -0.121. The fourth-order valence-corrected chi connectivity index (χ4v) is 4.89. The van der Waals surface area contributed by atoms with Crippen LogP contribution in [0.25, 0.3) is 23.0 Å². The Kier molecular flexibility index (Phi) is 6.77. The number of hydrogen-bond donors (Lipinski definition) is 0. The number of thiocarbonyl (C=S) groups is 1. The average molecular weight is 464 g/mol. The first kappa shape index (κ1) is 22.3. The summed E-state index contributed by atoms with van der Waals surface area (Å²) in [6.07, 6.45) is 4.82. The van der Waals surface area contributed by atoms with Gasteiger partial charge < -0.3 is 4.74 Å². The Morgan fingerprint density at radius 2 is 1.94 bits per heavy atom. The molecule has 0 unspecified atom stereocenters. The van der Waals surface area contributed by atoms with Gasteiger partial charge in [0.2, 0.25) is 0 Å². The molecule has 2 heterocycles. The van der Waals surface area contributed by atoms with Gasteiger partial charge >= 0.3 is 0 Å². The zero-order chi connectivity index (χ0) is 22.7. The number of aromatic nitrogens is 2. The number of amides is 1. The van der Waals surface area contributed by atoms with E-state index >= 15 is 0 Å². The van der Waals surface area contributed by atoms with E-state index in [1.165, 1.54) is 11.8 Å². The summed E-state index contributed by atoms with van der Waals surface area (Å²) in [5.41, 5.74) is 4.65. The number of likely N-dealkylation sites (N-methyl/N-ethyl adjacent to an activating group) is 1. The maximum absolute atomic E-state index is 12.8. The van der Waals surface area contributed by atoms with Gasteiger partial charge in [-0.1, -0.05) is 49.1 Å². The van der Waals surface area contributed by atoms with Crippen molar-refractivity contribution in [2.45, 2.75) is 27.2 Å². The van der Waals surface area contributed by atoms with E-state index in [9.17, 15) is 4.79 Å². The number of thioether (sulfide) groups is 1. The first-order valence-electron chi connectivity index (χ1n) is 10.7. The maximum atomic E-state index is 12.8. The molecule has 0 saturated carbocycles. The second-order valence-corrected chi connectivity index (χ2v) is 9.14. The van der Waals surface area contributed by atoms with Crippen LogP contribution < -0.4 is 4.74 Å². The Labute approximate surface area is 198 Å². The topological polar surface area (TPSA) is 47.4 Å². The maximum Gasteiger partial charge on any atom is 0.266 e. The summed E-state index contributed by atoms with van der Waals surface area (Å²) in [7, 11) is 0. The van der Waals surface area contributed by atoms with Gasteiger partial charge in [0.1, 0.15) is 15.8 Å². The number of carbonyl (C=O) groups excluding carboxylic acids is 1. The van der Waals surface area contributed by atoms with Gasteiger partial charge in [-0.05, 0) is 62.2 Å². The van der Waals surface area contributed by atoms with E-state index in [0.29, 0.717) is 22.4 Å². The average Bonchev–Trinajstić information content (AvgIpc) is 3.34. The van der Waals surface area contributed by atoms with Crippen LogP contribution in [-0.2, 0) is 4.79 Å². The molecule has 32 heavy (non-hydrogen) atoms. The molecule has 1 aromatic heterocycles. The fourth-order valence-electron chi connectivity index (χ4n) is 3.51. The third-order valence-corrected chi connectivity index (χ3v) is 6.53. The number of para-hydroxylation sites is 1. The lowest BCUT2D eigenvalue weighted by Crippen LogP contribution is -2.27. The zero-order valence-corrected chi connectivity index (χ0v) is 20.0. The third-order valence-electron chi connectivity index (χ3n) is 5.15. The molecule has 1 amide bonds. The van der Waals surface area contributed by atoms with Gasteiger partial charge in [0.15, 0.2) is 0 Å². The summed E-state index contributed by atoms with van der Waals surface area (Å²) in [5, 5.41) is 4.87. The molecule has 0 atom stereocenters. The summed E-state index contributed by atoms with van der Waals surface area (Å²) >= 11 is 6.71. The minimum atomic E-state index is -0.0552. The molecule has 1 fully saturated rings. The molecule has 4 rings (SSSR count). The van der Waals surface area contributed by atoms with Crippen LogP contribution in [0.4, 0.5) is 0 Å². The van der Waals surface area contributed by atoms with Gasteiger partial charge in [-0.25, -0.2) is 4.68 Å². The molecule has 3 aromatic rings. The molecule has 1 aliphatic rings. The number of ether oxygens (including phenoxy) is 1. The monoisotopic (exact) mass is 463 g/mol. The second-order valence-electron chi connectivity index (χ2n) is 7.47. The highest BCUT2D eigenvalue weighted by molar-refractivity contribution is 8.26. The van der Waals surface area contributed by atoms with Crippen LogP contribution in [0.3, 0.4) is 0 Å². The second kappa shape index (κ2) is 9.71. The highest BCUT2D eigenvalue weighted by Gasteiger charge is 2.31. The number of hydrogen-bond acceptors (Lipinski definition) is 5. The molecule has 0 N–H and O–H groups in total. The van der Waals surface area contributed by atoms with E-state index in [4.69, 9.17) is 22.1 Å². The van der Waals surface area contributed by atoms with Gasteiger partial charge in [0.05, 0.1) is 17.2 Å². The number of nitrogens with zero attached hydrogens (tertiary/aromatic N) is 3. The molecule has 164 valence electrons. The molecular weight excluding hydrogens is 438 g/mol. The SMILES string of the molecule is CCCOc1ccc(-c2nn(-c3ccccc3)cc2/C=C2\SC(=S)N(CC)C2=O)cc1C. The van der Waals surface area contributed by atoms with Gasteiger partial charge in [-0.2, -0.15) is 5.10 Å².